The van der Waals surface area contributed by atoms with E-state index in [1.165, 1.54) is 0 Å². The minimum absolute atomic E-state index is 0.0406. The van der Waals surface area contributed by atoms with Gasteiger partial charge in [-0.05, 0) is 41.8 Å². The molecule has 5 nitrogen and oxygen atoms in total. The number of hydrogen-bond donors (Lipinski definition) is 0. The second-order valence-corrected chi connectivity index (χ2v) is 8.85. The summed E-state index contributed by atoms with van der Waals surface area (Å²) in [6.45, 7) is 1.96. The van der Waals surface area contributed by atoms with E-state index in [-0.39, 0.29) is 25.4 Å². The maximum absolute atomic E-state index is 12.9. The van der Waals surface area contributed by atoms with Crippen molar-refractivity contribution in [3.8, 4) is 0 Å². The van der Waals surface area contributed by atoms with Crippen LogP contribution in [0.15, 0.2) is 64.6 Å². The van der Waals surface area contributed by atoms with Crippen molar-refractivity contribution in [1.29, 1.82) is 0 Å². The number of carbonyl (C=O) groups is 3. The molecule has 1 aliphatic heterocycles. The molecular formula is C24H21ClO5S. The zero-order chi connectivity index (χ0) is 22.0. The molecule has 2 atom stereocenters. The molecule has 0 saturated heterocycles. The van der Waals surface area contributed by atoms with Crippen LogP contribution in [-0.2, 0) is 29.6 Å². The van der Waals surface area contributed by atoms with Crippen LogP contribution in [0.2, 0.25) is 5.02 Å². The first-order valence-corrected chi connectivity index (χ1v) is 11.4. The molecule has 160 valence electrons. The highest BCUT2D eigenvalue weighted by atomic mass is 35.5. The highest BCUT2D eigenvalue weighted by molar-refractivity contribution is 7.98. The van der Waals surface area contributed by atoms with Gasteiger partial charge in [0, 0.05) is 33.6 Å². The van der Waals surface area contributed by atoms with Crippen LogP contribution in [0.25, 0.3) is 0 Å². The molecule has 0 amide bonds. The number of ketones is 1. The number of Topliss-reactive ketones (excluding diaryl/α,β-unsaturated/α-hetero) is 1. The predicted octanol–water partition coefficient (Wildman–Crippen LogP) is 4.72. The Kier molecular flexibility index (Phi) is 6.49. The molecule has 0 N–H and O–H groups in total. The first-order valence-electron chi connectivity index (χ1n) is 10.0. The zero-order valence-electron chi connectivity index (χ0n) is 16.9. The van der Waals surface area contributed by atoms with Gasteiger partial charge >= 0.3 is 11.9 Å². The number of hydrogen-bond acceptors (Lipinski definition) is 6. The summed E-state index contributed by atoms with van der Waals surface area (Å²) in [5.41, 5.74) is 2.89. The number of halogens is 1. The molecule has 2 aromatic rings. The summed E-state index contributed by atoms with van der Waals surface area (Å²) in [7, 11) is 0. The van der Waals surface area contributed by atoms with E-state index in [0.29, 0.717) is 21.9 Å². The lowest BCUT2D eigenvalue weighted by Gasteiger charge is -2.30. The normalized spacial score (nSPS) is 20.5. The van der Waals surface area contributed by atoms with Gasteiger partial charge in [0.25, 0.3) is 0 Å². The predicted molar refractivity (Wildman–Crippen MR) is 118 cm³/mol. The van der Waals surface area contributed by atoms with Gasteiger partial charge in [-0.2, -0.15) is 0 Å². The van der Waals surface area contributed by atoms with Gasteiger partial charge in [-0.25, -0.2) is 4.79 Å². The van der Waals surface area contributed by atoms with Gasteiger partial charge in [0.1, 0.15) is 12.5 Å². The van der Waals surface area contributed by atoms with Gasteiger partial charge in [-0.3, -0.25) is 9.59 Å². The van der Waals surface area contributed by atoms with E-state index < -0.39 is 23.8 Å². The largest absolute Gasteiger partial charge is 0.465 e. The molecule has 1 aliphatic carbocycles. The fourth-order valence-corrected chi connectivity index (χ4v) is 5.36. The Morgan fingerprint density at radius 3 is 2.77 bits per heavy atom. The summed E-state index contributed by atoms with van der Waals surface area (Å²) in [6.07, 6.45) is 0.0406. The van der Waals surface area contributed by atoms with Crippen LogP contribution in [0.3, 0.4) is 0 Å². The van der Waals surface area contributed by atoms with Crippen LogP contribution in [-0.4, -0.2) is 30.9 Å². The molecule has 0 spiro atoms. The SMILES string of the molecule is CCOC(=O)C1C(=O)CC2=C(C(=O)OC2)C1c1ccccc1SCc1cccc(Cl)c1. The molecule has 0 fully saturated rings. The van der Waals surface area contributed by atoms with Gasteiger partial charge in [0.15, 0.2) is 5.78 Å². The number of rotatable bonds is 6. The zero-order valence-corrected chi connectivity index (χ0v) is 18.5. The molecule has 2 unspecified atom stereocenters. The van der Waals surface area contributed by atoms with E-state index in [1.54, 1.807) is 18.7 Å². The van der Waals surface area contributed by atoms with Gasteiger partial charge in [0.2, 0.25) is 0 Å². The second-order valence-electron chi connectivity index (χ2n) is 7.40. The number of benzene rings is 2. The molecule has 2 aromatic carbocycles. The minimum Gasteiger partial charge on any atom is -0.465 e. The third-order valence-corrected chi connectivity index (χ3v) is 6.83. The highest BCUT2D eigenvalue weighted by Crippen LogP contribution is 2.46. The number of ether oxygens (including phenoxy) is 2. The number of thioether (sulfide) groups is 1. The molecule has 0 radical (unpaired) electrons. The maximum Gasteiger partial charge on any atom is 0.335 e. The average molecular weight is 457 g/mol. The molecule has 1 heterocycles. The molecule has 2 aliphatic rings. The Hall–Kier alpha value is -2.57. The van der Waals surface area contributed by atoms with Crippen LogP contribution >= 0.6 is 23.4 Å². The fourth-order valence-electron chi connectivity index (χ4n) is 4.11. The van der Waals surface area contributed by atoms with Crippen LogP contribution in [0, 0.1) is 5.92 Å². The van der Waals surface area contributed by atoms with Crippen molar-refractivity contribution < 1.29 is 23.9 Å². The first-order chi connectivity index (χ1) is 15.0. The molecular weight excluding hydrogens is 436 g/mol. The van der Waals surface area contributed by atoms with Crippen molar-refractivity contribution in [2.75, 3.05) is 13.2 Å². The lowest BCUT2D eigenvalue weighted by molar-refractivity contribution is -0.152. The summed E-state index contributed by atoms with van der Waals surface area (Å²) in [5.74, 6) is -2.42. The Morgan fingerprint density at radius 2 is 2.00 bits per heavy atom. The Morgan fingerprint density at radius 1 is 1.19 bits per heavy atom. The van der Waals surface area contributed by atoms with Gasteiger partial charge in [-0.15, -0.1) is 11.8 Å². The smallest absolute Gasteiger partial charge is 0.335 e. The van der Waals surface area contributed by atoms with E-state index in [9.17, 15) is 14.4 Å². The lowest BCUT2D eigenvalue weighted by atomic mass is 9.71. The number of carbonyl (C=O) groups excluding carboxylic acids is 3. The van der Waals surface area contributed by atoms with Crippen LogP contribution in [0.5, 0.6) is 0 Å². The molecule has 0 saturated carbocycles. The molecule has 0 aromatic heterocycles. The standard InChI is InChI=1S/C24H21ClO5S/c1-2-29-24(28)22-18(26)11-15-12-30-23(27)20(15)21(22)17-8-3-4-9-19(17)31-13-14-6-5-7-16(25)10-14/h3-10,21-22H,2,11-13H2,1H3. The van der Waals surface area contributed by atoms with Crippen LogP contribution in [0.1, 0.15) is 30.4 Å². The van der Waals surface area contributed by atoms with Crippen LogP contribution < -0.4 is 0 Å². The van der Waals surface area contributed by atoms with Crippen LogP contribution in [0.4, 0.5) is 0 Å². The van der Waals surface area contributed by atoms with Crippen molar-refractivity contribution in [2.24, 2.45) is 5.92 Å². The first kappa shape index (κ1) is 21.7. The van der Waals surface area contributed by atoms with Crippen molar-refractivity contribution >= 4 is 41.1 Å². The molecule has 7 heteroatoms. The summed E-state index contributed by atoms with van der Waals surface area (Å²) < 4.78 is 10.4. The quantitative estimate of drug-likeness (QED) is 0.356. The number of esters is 2. The van der Waals surface area contributed by atoms with Gasteiger partial charge in [-0.1, -0.05) is 41.9 Å². The molecule has 0 bridgehead atoms. The van der Waals surface area contributed by atoms with Crippen molar-refractivity contribution in [2.45, 2.75) is 29.9 Å². The third kappa shape index (κ3) is 4.41. The second kappa shape index (κ2) is 9.28. The van der Waals surface area contributed by atoms with E-state index >= 15 is 0 Å². The topological polar surface area (TPSA) is 69.7 Å². The Bertz CT molecular complexity index is 1080. The monoisotopic (exact) mass is 456 g/mol. The summed E-state index contributed by atoms with van der Waals surface area (Å²) in [5, 5.41) is 0.662. The lowest BCUT2D eigenvalue weighted by Crippen LogP contribution is -2.37. The maximum atomic E-state index is 12.9. The van der Waals surface area contributed by atoms with E-state index in [1.807, 2.05) is 48.5 Å². The fraction of sp³-hybridized carbons (Fsp3) is 0.292. The Balaban J connectivity index is 1.74. The van der Waals surface area contributed by atoms with E-state index in [2.05, 4.69) is 0 Å². The minimum atomic E-state index is -1.06. The third-order valence-electron chi connectivity index (χ3n) is 5.44. The van der Waals surface area contributed by atoms with Gasteiger partial charge < -0.3 is 9.47 Å². The average Bonchev–Trinajstić information content (AvgIpc) is 3.12. The summed E-state index contributed by atoms with van der Waals surface area (Å²) >= 11 is 7.67. The van der Waals surface area contributed by atoms with Crippen molar-refractivity contribution in [3.63, 3.8) is 0 Å². The number of cyclic esters (lactones) is 1. The molecule has 31 heavy (non-hydrogen) atoms. The van der Waals surface area contributed by atoms with Gasteiger partial charge in [0.05, 0.1) is 6.61 Å². The van der Waals surface area contributed by atoms with Crippen molar-refractivity contribution in [1.82, 2.24) is 0 Å². The van der Waals surface area contributed by atoms with Crippen molar-refractivity contribution in [3.05, 3.63) is 75.8 Å². The summed E-state index contributed by atoms with van der Waals surface area (Å²) in [6, 6.07) is 15.2. The Labute approximate surface area is 189 Å². The van der Waals surface area contributed by atoms with E-state index in [4.69, 9.17) is 21.1 Å². The molecule has 4 rings (SSSR count). The van der Waals surface area contributed by atoms with E-state index in [0.717, 1.165) is 16.0 Å². The summed E-state index contributed by atoms with van der Waals surface area (Å²) in [4.78, 5) is 39.2. The highest BCUT2D eigenvalue weighted by Gasteiger charge is 2.48.